The molecule has 0 aliphatic rings. The van der Waals surface area contributed by atoms with Crippen LogP contribution in [0.1, 0.15) is 31.3 Å². The van der Waals surface area contributed by atoms with Gasteiger partial charge in [0.15, 0.2) is 5.75 Å². The molecule has 0 atom stereocenters. The standard InChI is InChI=1S/C22H23N3O2/c1-22(2,3)25-21(26)19-15-16(13-14-23-19)24-18-11-7-8-12-20(18)27-17-9-5-4-6-10-17/h4-15H,1-3H3,(H,23,24)(H,25,26). The molecule has 0 bridgehead atoms. The van der Waals surface area contributed by atoms with Crippen molar-refractivity contribution in [3.63, 3.8) is 0 Å². The molecule has 0 saturated heterocycles. The number of para-hydroxylation sites is 3. The van der Waals surface area contributed by atoms with Crippen LogP contribution in [0.4, 0.5) is 11.4 Å². The number of rotatable bonds is 5. The molecule has 5 nitrogen and oxygen atoms in total. The third kappa shape index (κ3) is 5.31. The van der Waals surface area contributed by atoms with Gasteiger partial charge in [0.05, 0.1) is 5.69 Å². The highest BCUT2D eigenvalue weighted by Gasteiger charge is 2.16. The molecule has 0 saturated carbocycles. The number of nitrogens with one attached hydrogen (secondary N) is 2. The number of anilines is 2. The van der Waals surface area contributed by atoms with E-state index >= 15 is 0 Å². The van der Waals surface area contributed by atoms with Crippen molar-refractivity contribution in [2.24, 2.45) is 0 Å². The lowest BCUT2D eigenvalue weighted by Crippen LogP contribution is -2.40. The Morgan fingerprint density at radius 3 is 2.41 bits per heavy atom. The van der Waals surface area contributed by atoms with Crippen molar-refractivity contribution in [2.75, 3.05) is 5.32 Å². The second kappa shape index (κ2) is 7.91. The molecular weight excluding hydrogens is 338 g/mol. The SMILES string of the molecule is CC(C)(C)NC(=O)c1cc(Nc2ccccc2Oc2ccccc2)ccn1. The largest absolute Gasteiger partial charge is 0.455 e. The van der Waals surface area contributed by atoms with Crippen molar-refractivity contribution in [1.29, 1.82) is 0 Å². The number of carbonyl (C=O) groups excluding carboxylic acids is 1. The van der Waals surface area contributed by atoms with Crippen molar-refractivity contribution in [3.8, 4) is 11.5 Å². The Morgan fingerprint density at radius 2 is 1.67 bits per heavy atom. The number of nitrogens with zero attached hydrogens (tertiary/aromatic N) is 1. The summed E-state index contributed by atoms with van der Waals surface area (Å²) in [6, 6.07) is 20.8. The summed E-state index contributed by atoms with van der Waals surface area (Å²) in [5.74, 6) is 1.24. The number of hydrogen-bond acceptors (Lipinski definition) is 4. The van der Waals surface area contributed by atoms with Crippen LogP contribution < -0.4 is 15.4 Å². The van der Waals surface area contributed by atoms with Crippen LogP contribution in [0.2, 0.25) is 0 Å². The average Bonchev–Trinajstić information content (AvgIpc) is 2.63. The van der Waals surface area contributed by atoms with E-state index in [2.05, 4.69) is 15.6 Å². The highest BCUT2D eigenvalue weighted by molar-refractivity contribution is 5.93. The highest BCUT2D eigenvalue weighted by Crippen LogP contribution is 2.31. The molecule has 1 amide bonds. The van der Waals surface area contributed by atoms with Crippen LogP contribution in [0.25, 0.3) is 0 Å². The first kappa shape index (κ1) is 18.5. The third-order valence-electron chi connectivity index (χ3n) is 3.62. The maximum absolute atomic E-state index is 12.3. The van der Waals surface area contributed by atoms with E-state index in [0.29, 0.717) is 11.4 Å². The molecule has 27 heavy (non-hydrogen) atoms. The summed E-state index contributed by atoms with van der Waals surface area (Å²) in [7, 11) is 0. The van der Waals surface area contributed by atoms with Gasteiger partial charge in [-0.25, -0.2) is 0 Å². The van der Waals surface area contributed by atoms with Gasteiger partial charge >= 0.3 is 0 Å². The van der Waals surface area contributed by atoms with Gasteiger partial charge in [-0.3, -0.25) is 9.78 Å². The number of aromatic nitrogens is 1. The first-order valence-corrected chi connectivity index (χ1v) is 8.78. The van der Waals surface area contributed by atoms with Gasteiger partial charge < -0.3 is 15.4 Å². The van der Waals surface area contributed by atoms with Gasteiger partial charge in [-0.15, -0.1) is 0 Å². The molecule has 138 valence electrons. The fourth-order valence-corrected chi connectivity index (χ4v) is 2.47. The molecule has 1 aromatic heterocycles. The molecule has 0 aliphatic heterocycles. The zero-order chi connectivity index (χ0) is 19.3. The summed E-state index contributed by atoms with van der Waals surface area (Å²) in [6.07, 6.45) is 1.61. The van der Waals surface area contributed by atoms with Crippen LogP contribution in [0.3, 0.4) is 0 Å². The smallest absolute Gasteiger partial charge is 0.270 e. The summed E-state index contributed by atoms with van der Waals surface area (Å²) in [5, 5.41) is 6.22. The molecule has 3 rings (SSSR count). The summed E-state index contributed by atoms with van der Waals surface area (Å²) in [6.45, 7) is 5.80. The van der Waals surface area contributed by atoms with Crippen molar-refractivity contribution in [3.05, 3.63) is 78.6 Å². The topological polar surface area (TPSA) is 63.2 Å². The number of pyridine rings is 1. The molecule has 0 radical (unpaired) electrons. The fraction of sp³-hybridized carbons (Fsp3) is 0.182. The lowest BCUT2D eigenvalue weighted by molar-refractivity contribution is 0.0914. The Hall–Kier alpha value is -3.34. The first-order chi connectivity index (χ1) is 12.9. The monoisotopic (exact) mass is 361 g/mol. The van der Waals surface area contributed by atoms with E-state index in [1.54, 1.807) is 12.3 Å². The molecule has 0 aliphatic carbocycles. The van der Waals surface area contributed by atoms with E-state index in [1.807, 2.05) is 81.4 Å². The van der Waals surface area contributed by atoms with Gasteiger partial charge in [-0.2, -0.15) is 0 Å². The Kier molecular flexibility index (Phi) is 5.41. The maximum Gasteiger partial charge on any atom is 0.270 e. The normalized spacial score (nSPS) is 10.9. The summed E-state index contributed by atoms with van der Waals surface area (Å²) in [5.41, 5.74) is 1.59. The lowest BCUT2D eigenvalue weighted by Gasteiger charge is -2.20. The van der Waals surface area contributed by atoms with Gasteiger partial charge in [0, 0.05) is 17.4 Å². The number of amides is 1. The van der Waals surface area contributed by atoms with Crippen LogP contribution in [0.15, 0.2) is 72.9 Å². The molecule has 3 aromatic rings. The molecular formula is C22H23N3O2. The van der Waals surface area contributed by atoms with E-state index in [0.717, 1.165) is 17.1 Å². The molecule has 0 spiro atoms. The Morgan fingerprint density at radius 1 is 0.963 bits per heavy atom. The van der Waals surface area contributed by atoms with Gasteiger partial charge in [0.1, 0.15) is 11.4 Å². The lowest BCUT2D eigenvalue weighted by atomic mass is 10.1. The van der Waals surface area contributed by atoms with E-state index in [9.17, 15) is 4.79 Å². The predicted molar refractivity (Wildman–Crippen MR) is 108 cm³/mol. The second-order valence-electron chi connectivity index (χ2n) is 7.17. The highest BCUT2D eigenvalue weighted by atomic mass is 16.5. The second-order valence-corrected chi connectivity index (χ2v) is 7.17. The molecule has 5 heteroatoms. The van der Waals surface area contributed by atoms with Gasteiger partial charge in [0.25, 0.3) is 5.91 Å². The maximum atomic E-state index is 12.3. The van der Waals surface area contributed by atoms with Crippen molar-refractivity contribution in [2.45, 2.75) is 26.3 Å². The van der Waals surface area contributed by atoms with Gasteiger partial charge in [-0.05, 0) is 57.2 Å². The number of ether oxygens (including phenoxy) is 1. The van der Waals surface area contributed by atoms with E-state index in [-0.39, 0.29) is 11.4 Å². The first-order valence-electron chi connectivity index (χ1n) is 8.78. The van der Waals surface area contributed by atoms with E-state index < -0.39 is 0 Å². The van der Waals surface area contributed by atoms with E-state index in [4.69, 9.17) is 4.74 Å². The zero-order valence-corrected chi connectivity index (χ0v) is 15.7. The number of carbonyl (C=O) groups is 1. The fourth-order valence-electron chi connectivity index (χ4n) is 2.47. The predicted octanol–water partition coefficient (Wildman–Crippen LogP) is 5.15. The van der Waals surface area contributed by atoms with Crippen molar-refractivity contribution in [1.82, 2.24) is 10.3 Å². The Labute approximate surface area is 159 Å². The minimum absolute atomic E-state index is 0.208. The molecule has 1 heterocycles. The third-order valence-corrected chi connectivity index (χ3v) is 3.62. The van der Waals surface area contributed by atoms with Crippen LogP contribution in [-0.4, -0.2) is 16.4 Å². The summed E-state index contributed by atoms with van der Waals surface area (Å²) in [4.78, 5) is 16.5. The Bertz CT molecular complexity index is 918. The minimum atomic E-state index is -0.321. The molecule has 2 N–H and O–H groups in total. The average molecular weight is 361 g/mol. The van der Waals surface area contributed by atoms with Gasteiger partial charge in [0.2, 0.25) is 0 Å². The minimum Gasteiger partial charge on any atom is -0.455 e. The number of benzene rings is 2. The van der Waals surface area contributed by atoms with Crippen LogP contribution in [0.5, 0.6) is 11.5 Å². The van der Waals surface area contributed by atoms with Crippen molar-refractivity contribution < 1.29 is 9.53 Å². The molecule has 0 fully saturated rings. The number of hydrogen-bond donors (Lipinski definition) is 2. The Balaban J connectivity index is 1.80. The van der Waals surface area contributed by atoms with Crippen LogP contribution in [0, 0.1) is 0 Å². The van der Waals surface area contributed by atoms with Gasteiger partial charge in [-0.1, -0.05) is 30.3 Å². The van der Waals surface area contributed by atoms with Crippen molar-refractivity contribution >= 4 is 17.3 Å². The van der Waals surface area contributed by atoms with Crippen LogP contribution >= 0.6 is 0 Å². The molecule has 2 aromatic carbocycles. The summed E-state index contributed by atoms with van der Waals surface area (Å²) < 4.78 is 5.97. The quantitative estimate of drug-likeness (QED) is 0.660. The van der Waals surface area contributed by atoms with E-state index in [1.165, 1.54) is 0 Å². The van der Waals surface area contributed by atoms with Crippen LogP contribution in [-0.2, 0) is 0 Å². The molecule has 0 unspecified atom stereocenters. The zero-order valence-electron chi connectivity index (χ0n) is 15.7. The summed E-state index contributed by atoms with van der Waals surface area (Å²) >= 11 is 0.